The minimum absolute atomic E-state index is 0.0825. The maximum atomic E-state index is 5.56. The molecule has 1 aliphatic heterocycles. The van der Waals surface area contributed by atoms with Crippen LogP contribution in [0, 0.1) is 0 Å². The number of rotatable bonds is 2. The smallest absolute Gasteiger partial charge is 0.104 e. The molecule has 0 aromatic heterocycles. The molecule has 0 saturated carbocycles. The molecule has 12 heavy (non-hydrogen) atoms. The third kappa shape index (κ3) is 4.04. The van der Waals surface area contributed by atoms with Crippen molar-refractivity contribution in [2.24, 2.45) is 0 Å². The lowest BCUT2D eigenvalue weighted by molar-refractivity contribution is -0.136. The molecule has 3 heteroatoms. The van der Waals surface area contributed by atoms with Gasteiger partial charge in [-0.1, -0.05) is 0 Å². The Labute approximate surface area is 74.0 Å². The molecular formula is C9H18O3. The third-order valence-corrected chi connectivity index (χ3v) is 1.59. The molecule has 1 atom stereocenters. The quantitative estimate of drug-likeness (QED) is 0.630. The van der Waals surface area contributed by atoms with Gasteiger partial charge in [-0.15, -0.1) is 0 Å². The Morgan fingerprint density at radius 2 is 2.08 bits per heavy atom. The average Bonchev–Trinajstić information content (AvgIpc) is 2.02. The Bertz CT molecular complexity index is 122. The second-order valence-corrected chi connectivity index (χ2v) is 3.99. The second kappa shape index (κ2) is 4.21. The molecule has 1 rings (SSSR count). The van der Waals surface area contributed by atoms with Crippen LogP contribution in [0.1, 0.15) is 20.8 Å². The normalized spacial score (nSPS) is 25.8. The summed E-state index contributed by atoms with van der Waals surface area (Å²) in [7, 11) is 0. The van der Waals surface area contributed by atoms with Gasteiger partial charge in [0.05, 0.1) is 32.0 Å². The van der Waals surface area contributed by atoms with E-state index in [-0.39, 0.29) is 11.7 Å². The van der Waals surface area contributed by atoms with Gasteiger partial charge in [0.15, 0.2) is 0 Å². The van der Waals surface area contributed by atoms with Crippen molar-refractivity contribution in [1.29, 1.82) is 0 Å². The molecule has 3 nitrogen and oxygen atoms in total. The molecule has 0 spiro atoms. The second-order valence-electron chi connectivity index (χ2n) is 3.99. The van der Waals surface area contributed by atoms with Gasteiger partial charge in [-0.3, -0.25) is 0 Å². The highest BCUT2D eigenvalue weighted by molar-refractivity contribution is 4.64. The van der Waals surface area contributed by atoms with Gasteiger partial charge in [-0.2, -0.15) is 0 Å². The molecule has 0 N–H and O–H groups in total. The zero-order valence-electron chi connectivity index (χ0n) is 8.13. The molecule has 72 valence electrons. The lowest BCUT2D eigenvalue weighted by Crippen LogP contribution is -2.35. The minimum Gasteiger partial charge on any atom is -0.376 e. The largest absolute Gasteiger partial charge is 0.376 e. The van der Waals surface area contributed by atoms with E-state index in [0.29, 0.717) is 26.4 Å². The first-order chi connectivity index (χ1) is 5.58. The summed E-state index contributed by atoms with van der Waals surface area (Å²) >= 11 is 0. The summed E-state index contributed by atoms with van der Waals surface area (Å²) in [6.07, 6.45) is 0.123. The van der Waals surface area contributed by atoms with Gasteiger partial charge in [0.25, 0.3) is 0 Å². The van der Waals surface area contributed by atoms with Crippen LogP contribution >= 0.6 is 0 Å². The molecule has 0 amide bonds. The molecular weight excluding hydrogens is 156 g/mol. The summed E-state index contributed by atoms with van der Waals surface area (Å²) in [6.45, 7) is 8.81. The standard InChI is InChI=1S/C9H18O3/c1-9(2,3)12-7-8-6-10-4-5-11-8/h8H,4-7H2,1-3H3. The summed E-state index contributed by atoms with van der Waals surface area (Å²) in [5, 5.41) is 0. The topological polar surface area (TPSA) is 27.7 Å². The van der Waals surface area contributed by atoms with Gasteiger partial charge in [-0.25, -0.2) is 0 Å². The third-order valence-electron chi connectivity index (χ3n) is 1.59. The van der Waals surface area contributed by atoms with E-state index in [2.05, 4.69) is 0 Å². The van der Waals surface area contributed by atoms with E-state index in [0.717, 1.165) is 0 Å². The molecule has 1 fully saturated rings. The van der Waals surface area contributed by atoms with Crippen molar-refractivity contribution in [3.63, 3.8) is 0 Å². The Hall–Kier alpha value is -0.120. The maximum Gasteiger partial charge on any atom is 0.104 e. The predicted molar refractivity (Wildman–Crippen MR) is 46.3 cm³/mol. The van der Waals surface area contributed by atoms with Crippen LogP contribution in [0.25, 0.3) is 0 Å². The summed E-state index contributed by atoms with van der Waals surface area (Å²) in [6, 6.07) is 0. The Morgan fingerprint density at radius 3 is 2.58 bits per heavy atom. The first kappa shape index (κ1) is 9.96. The fourth-order valence-electron chi connectivity index (χ4n) is 0.976. The Kier molecular flexibility index (Phi) is 3.50. The monoisotopic (exact) mass is 174 g/mol. The summed E-state index contributed by atoms with van der Waals surface area (Å²) in [4.78, 5) is 0. The lowest BCUT2D eigenvalue weighted by atomic mass is 10.2. The minimum atomic E-state index is -0.0825. The fraction of sp³-hybridized carbons (Fsp3) is 1.00. The van der Waals surface area contributed by atoms with Crippen LogP contribution in [0.4, 0.5) is 0 Å². The van der Waals surface area contributed by atoms with E-state index in [1.54, 1.807) is 0 Å². The van der Waals surface area contributed by atoms with E-state index < -0.39 is 0 Å². The van der Waals surface area contributed by atoms with Gasteiger partial charge in [-0.05, 0) is 20.8 Å². The molecule has 0 aromatic carbocycles. The number of hydrogen-bond acceptors (Lipinski definition) is 3. The molecule has 1 saturated heterocycles. The predicted octanol–water partition coefficient (Wildman–Crippen LogP) is 1.22. The first-order valence-electron chi connectivity index (χ1n) is 4.41. The molecule has 1 aliphatic rings. The van der Waals surface area contributed by atoms with Crippen molar-refractivity contribution in [1.82, 2.24) is 0 Å². The number of hydrogen-bond donors (Lipinski definition) is 0. The van der Waals surface area contributed by atoms with Gasteiger partial charge < -0.3 is 14.2 Å². The van der Waals surface area contributed by atoms with E-state index in [9.17, 15) is 0 Å². The van der Waals surface area contributed by atoms with Gasteiger partial charge in [0, 0.05) is 0 Å². The van der Waals surface area contributed by atoms with Crippen LogP contribution in [-0.4, -0.2) is 38.1 Å². The van der Waals surface area contributed by atoms with E-state index in [4.69, 9.17) is 14.2 Å². The fourth-order valence-corrected chi connectivity index (χ4v) is 0.976. The van der Waals surface area contributed by atoms with Crippen molar-refractivity contribution in [3.8, 4) is 0 Å². The van der Waals surface area contributed by atoms with Crippen LogP contribution in [-0.2, 0) is 14.2 Å². The zero-order chi connectivity index (χ0) is 9.03. The van der Waals surface area contributed by atoms with E-state index in [1.165, 1.54) is 0 Å². The van der Waals surface area contributed by atoms with Crippen LogP contribution in [0.15, 0.2) is 0 Å². The van der Waals surface area contributed by atoms with Crippen molar-refractivity contribution in [2.45, 2.75) is 32.5 Å². The van der Waals surface area contributed by atoms with E-state index >= 15 is 0 Å². The first-order valence-corrected chi connectivity index (χ1v) is 4.41. The van der Waals surface area contributed by atoms with Crippen molar-refractivity contribution in [3.05, 3.63) is 0 Å². The SMILES string of the molecule is CC(C)(C)OCC1COCCO1. The molecule has 1 heterocycles. The van der Waals surface area contributed by atoms with Gasteiger partial charge in [0.2, 0.25) is 0 Å². The lowest BCUT2D eigenvalue weighted by Gasteiger charge is -2.27. The van der Waals surface area contributed by atoms with Gasteiger partial charge in [0.1, 0.15) is 6.10 Å². The van der Waals surface area contributed by atoms with Crippen LogP contribution in [0.5, 0.6) is 0 Å². The molecule has 0 aliphatic carbocycles. The summed E-state index contributed by atoms with van der Waals surface area (Å²) in [5.41, 5.74) is -0.0825. The van der Waals surface area contributed by atoms with E-state index in [1.807, 2.05) is 20.8 Å². The van der Waals surface area contributed by atoms with Crippen LogP contribution < -0.4 is 0 Å². The maximum absolute atomic E-state index is 5.56. The highest BCUT2D eigenvalue weighted by atomic mass is 16.6. The Morgan fingerprint density at radius 1 is 1.33 bits per heavy atom. The molecule has 0 radical (unpaired) electrons. The average molecular weight is 174 g/mol. The highest BCUT2D eigenvalue weighted by Crippen LogP contribution is 2.09. The molecule has 0 aromatic rings. The molecule has 0 bridgehead atoms. The zero-order valence-corrected chi connectivity index (χ0v) is 8.13. The number of ether oxygens (including phenoxy) is 3. The van der Waals surface area contributed by atoms with Crippen molar-refractivity contribution >= 4 is 0 Å². The van der Waals surface area contributed by atoms with Crippen LogP contribution in [0.2, 0.25) is 0 Å². The van der Waals surface area contributed by atoms with Gasteiger partial charge >= 0.3 is 0 Å². The summed E-state index contributed by atoms with van der Waals surface area (Å²) in [5.74, 6) is 0. The molecule has 1 unspecified atom stereocenters. The van der Waals surface area contributed by atoms with Crippen LogP contribution in [0.3, 0.4) is 0 Å². The Balaban J connectivity index is 2.13. The highest BCUT2D eigenvalue weighted by Gasteiger charge is 2.18. The summed E-state index contributed by atoms with van der Waals surface area (Å²) < 4.78 is 16.2. The van der Waals surface area contributed by atoms with Crippen molar-refractivity contribution in [2.75, 3.05) is 26.4 Å². The van der Waals surface area contributed by atoms with Crippen molar-refractivity contribution < 1.29 is 14.2 Å².